The van der Waals surface area contributed by atoms with Gasteiger partial charge in [-0.25, -0.2) is 4.68 Å². The molecule has 0 bridgehead atoms. The van der Waals surface area contributed by atoms with E-state index < -0.39 is 16.4 Å². The summed E-state index contributed by atoms with van der Waals surface area (Å²) in [4.78, 5) is 14.4. The number of tetrazole rings is 1. The molecule has 120 valence electrons. The standard InChI is InChI=1S/C14H9ClN6O3/c15-10-4-9(14(22)13(5-10)21(23)24)7-16-11-2-1-3-12(6-11)20-8-17-18-19-20/h1-8,22H. The first-order valence-corrected chi connectivity index (χ1v) is 6.97. The molecule has 1 heterocycles. The maximum atomic E-state index is 10.9. The van der Waals surface area contributed by atoms with E-state index in [1.165, 1.54) is 23.3 Å². The first kappa shape index (κ1) is 15.6. The Hall–Kier alpha value is -3.33. The summed E-state index contributed by atoms with van der Waals surface area (Å²) in [5.41, 5.74) is 0.898. The molecule has 0 aliphatic carbocycles. The summed E-state index contributed by atoms with van der Waals surface area (Å²) < 4.78 is 1.46. The number of aromatic nitrogens is 4. The normalized spacial score (nSPS) is 11.0. The van der Waals surface area contributed by atoms with Crippen molar-refractivity contribution in [3.8, 4) is 11.4 Å². The van der Waals surface area contributed by atoms with Crippen molar-refractivity contribution in [2.45, 2.75) is 0 Å². The smallest absolute Gasteiger partial charge is 0.312 e. The Morgan fingerprint density at radius 3 is 2.88 bits per heavy atom. The summed E-state index contributed by atoms with van der Waals surface area (Å²) in [6.07, 6.45) is 2.74. The number of nitro groups is 1. The van der Waals surface area contributed by atoms with Gasteiger partial charge in [0.2, 0.25) is 5.75 Å². The molecule has 0 saturated heterocycles. The van der Waals surface area contributed by atoms with Crippen LogP contribution in [0.1, 0.15) is 5.56 Å². The monoisotopic (exact) mass is 344 g/mol. The van der Waals surface area contributed by atoms with E-state index >= 15 is 0 Å². The molecule has 3 aromatic rings. The van der Waals surface area contributed by atoms with E-state index in [9.17, 15) is 15.2 Å². The molecule has 1 N–H and O–H groups in total. The second-order valence-electron chi connectivity index (χ2n) is 4.65. The number of hydrogen-bond donors (Lipinski definition) is 1. The molecule has 0 aliphatic heterocycles. The van der Waals surface area contributed by atoms with Gasteiger partial charge in [-0.2, -0.15) is 0 Å². The number of phenolic OH excluding ortho intramolecular Hbond substituents is 1. The fourth-order valence-corrected chi connectivity index (χ4v) is 2.20. The number of aromatic hydroxyl groups is 1. The molecule has 0 saturated carbocycles. The summed E-state index contributed by atoms with van der Waals surface area (Å²) in [6, 6.07) is 9.44. The number of benzene rings is 2. The lowest BCUT2D eigenvalue weighted by molar-refractivity contribution is -0.385. The summed E-state index contributed by atoms with van der Waals surface area (Å²) >= 11 is 5.84. The molecule has 10 heteroatoms. The minimum atomic E-state index is -0.711. The van der Waals surface area contributed by atoms with E-state index in [0.29, 0.717) is 11.4 Å². The molecule has 0 atom stereocenters. The zero-order valence-electron chi connectivity index (χ0n) is 11.9. The largest absolute Gasteiger partial charge is 0.502 e. The highest BCUT2D eigenvalue weighted by molar-refractivity contribution is 6.31. The molecule has 0 aliphatic rings. The van der Waals surface area contributed by atoms with E-state index in [1.54, 1.807) is 24.3 Å². The van der Waals surface area contributed by atoms with Crippen molar-refractivity contribution in [2.75, 3.05) is 0 Å². The van der Waals surface area contributed by atoms with Crippen LogP contribution in [-0.4, -0.2) is 36.5 Å². The molecule has 9 nitrogen and oxygen atoms in total. The fourth-order valence-electron chi connectivity index (χ4n) is 1.98. The molecule has 0 amide bonds. The van der Waals surface area contributed by atoms with Crippen LogP contribution < -0.4 is 0 Å². The van der Waals surface area contributed by atoms with Gasteiger partial charge in [-0.1, -0.05) is 17.7 Å². The maximum absolute atomic E-state index is 10.9. The van der Waals surface area contributed by atoms with Crippen LogP contribution in [-0.2, 0) is 0 Å². The minimum Gasteiger partial charge on any atom is -0.502 e. The van der Waals surface area contributed by atoms with Gasteiger partial charge < -0.3 is 5.11 Å². The lowest BCUT2D eigenvalue weighted by Crippen LogP contribution is -1.94. The van der Waals surface area contributed by atoms with Gasteiger partial charge in [-0.3, -0.25) is 15.1 Å². The van der Waals surface area contributed by atoms with Crippen LogP contribution in [0.5, 0.6) is 5.75 Å². The molecule has 2 aromatic carbocycles. The van der Waals surface area contributed by atoms with Crippen molar-refractivity contribution in [3.63, 3.8) is 0 Å². The second-order valence-corrected chi connectivity index (χ2v) is 5.09. The summed E-state index contributed by atoms with van der Waals surface area (Å²) in [6.45, 7) is 0. The summed E-state index contributed by atoms with van der Waals surface area (Å²) in [5, 5.41) is 31.8. The Morgan fingerprint density at radius 2 is 2.17 bits per heavy atom. The second kappa shape index (κ2) is 6.42. The van der Waals surface area contributed by atoms with Crippen molar-refractivity contribution >= 4 is 29.2 Å². The number of halogens is 1. The van der Waals surface area contributed by atoms with Crippen molar-refractivity contribution in [2.24, 2.45) is 4.99 Å². The Morgan fingerprint density at radius 1 is 1.33 bits per heavy atom. The molecular weight excluding hydrogens is 336 g/mol. The summed E-state index contributed by atoms with van der Waals surface area (Å²) in [5.74, 6) is -0.496. The lowest BCUT2D eigenvalue weighted by atomic mass is 10.2. The molecule has 0 fully saturated rings. The predicted octanol–water partition coefficient (Wildman–Crippen LogP) is 2.68. The van der Waals surface area contributed by atoms with Crippen LogP contribution >= 0.6 is 11.6 Å². The Balaban J connectivity index is 1.95. The zero-order chi connectivity index (χ0) is 17.1. The van der Waals surface area contributed by atoms with E-state index in [4.69, 9.17) is 11.6 Å². The Bertz CT molecular complexity index is 926. The number of hydrogen-bond acceptors (Lipinski definition) is 7. The molecule has 24 heavy (non-hydrogen) atoms. The predicted molar refractivity (Wildman–Crippen MR) is 86.2 cm³/mol. The Labute approximate surface area is 140 Å². The van der Waals surface area contributed by atoms with Crippen molar-refractivity contribution < 1.29 is 10.0 Å². The quantitative estimate of drug-likeness (QED) is 0.441. The van der Waals surface area contributed by atoms with Gasteiger partial charge in [-0.15, -0.1) is 5.10 Å². The molecule has 0 spiro atoms. The van der Waals surface area contributed by atoms with Gasteiger partial charge in [0.25, 0.3) is 0 Å². The van der Waals surface area contributed by atoms with Crippen LogP contribution in [0.25, 0.3) is 5.69 Å². The zero-order valence-corrected chi connectivity index (χ0v) is 12.7. The number of aliphatic imine (C=N–C) groups is 1. The Kier molecular flexibility index (Phi) is 4.17. The average Bonchev–Trinajstić information content (AvgIpc) is 3.10. The van der Waals surface area contributed by atoms with Gasteiger partial charge in [0.05, 0.1) is 16.3 Å². The third-order valence-electron chi connectivity index (χ3n) is 3.08. The average molecular weight is 345 g/mol. The number of nitro benzene ring substituents is 1. The SMILES string of the molecule is O=[N+]([O-])c1cc(Cl)cc(C=Nc2cccc(-n3cnnn3)c2)c1O. The van der Waals surface area contributed by atoms with Gasteiger partial charge >= 0.3 is 5.69 Å². The first-order chi connectivity index (χ1) is 11.5. The lowest BCUT2D eigenvalue weighted by Gasteiger charge is -2.02. The third-order valence-corrected chi connectivity index (χ3v) is 3.29. The van der Waals surface area contributed by atoms with Gasteiger partial charge in [-0.05, 0) is 34.7 Å². The van der Waals surface area contributed by atoms with Crippen LogP contribution in [0.4, 0.5) is 11.4 Å². The van der Waals surface area contributed by atoms with Crippen LogP contribution in [0.3, 0.4) is 0 Å². The van der Waals surface area contributed by atoms with Gasteiger partial charge in [0.1, 0.15) is 6.33 Å². The van der Waals surface area contributed by atoms with E-state index in [-0.39, 0.29) is 10.6 Å². The molecule has 3 rings (SSSR count). The van der Waals surface area contributed by atoms with Crippen molar-refractivity contribution in [1.82, 2.24) is 20.2 Å². The van der Waals surface area contributed by atoms with Crippen molar-refractivity contribution in [1.29, 1.82) is 0 Å². The minimum absolute atomic E-state index is 0.128. The highest BCUT2D eigenvalue weighted by Crippen LogP contribution is 2.32. The van der Waals surface area contributed by atoms with Gasteiger partial charge in [0.15, 0.2) is 0 Å². The number of nitrogens with zero attached hydrogens (tertiary/aromatic N) is 6. The summed E-state index contributed by atoms with van der Waals surface area (Å²) in [7, 11) is 0. The fraction of sp³-hybridized carbons (Fsp3) is 0. The first-order valence-electron chi connectivity index (χ1n) is 6.59. The maximum Gasteiger partial charge on any atom is 0.312 e. The molecular formula is C14H9ClN6O3. The van der Waals surface area contributed by atoms with Crippen molar-refractivity contribution in [3.05, 3.63) is 63.4 Å². The van der Waals surface area contributed by atoms with Gasteiger partial charge in [0, 0.05) is 22.9 Å². The third kappa shape index (κ3) is 3.20. The van der Waals surface area contributed by atoms with Crippen LogP contribution in [0.15, 0.2) is 47.7 Å². The topological polar surface area (TPSA) is 119 Å². The molecule has 1 aromatic heterocycles. The number of phenols is 1. The highest BCUT2D eigenvalue weighted by atomic mass is 35.5. The molecule has 0 unspecified atom stereocenters. The molecule has 0 radical (unpaired) electrons. The van der Waals surface area contributed by atoms with E-state index in [0.717, 1.165) is 6.07 Å². The highest BCUT2D eigenvalue weighted by Gasteiger charge is 2.17. The number of rotatable bonds is 4. The van der Waals surface area contributed by atoms with Crippen LogP contribution in [0, 0.1) is 10.1 Å². The van der Waals surface area contributed by atoms with E-state index in [1.807, 2.05) is 0 Å². The van der Waals surface area contributed by atoms with E-state index in [2.05, 4.69) is 20.5 Å². The van der Waals surface area contributed by atoms with Crippen LogP contribution in [0.2, 0.25) is 5.02 Å².